The number of rotatable bonds is 0. The molecule has 0 radical (unpaired) electrons. The quantitative estimate of drug-likeness (QED) is 0.674. The molecule has 1 saturated heterocycles. The molecule has 106 valence electrons. The van der Waals surface area contributed by atoms with Gasteiger partial charge in [0.2, 0.25) is 0 Å². The molecule has 3 nitrogen and oxygen atoms in total. The Balaban J connectivity index is 2.20. The lowest BCUT2D eigenvalue weighted by atomic mass is 10.0. The van der Waals surface area contributed by atoms with Gasteiger partial charge in [-0.25, -0.2) is 0 Å². The van der Waals surface area contributed by atoms with E-state index >= 15 is 0 Å². The maximum Gasteiger partial charge on any atom is 0.305 e. The minimum atomic E-state index is -0.300. The molecular formula is C15H28O3. The molecule has 0 aromatic rings. The highest BCUT2D eigenvalue weighted by molar-refractivity contribution is 5.69. The first-order valence-electron chi connectivity index (χ1n) is 7.63. The lowest BCUT2D eigenvalue weighted by Gasteiger charge is -2.11. The van der Waals surface area contributed by atoms with Crippen LogP contribution in [0.25, 0.3) is 0 Å². The van der Waals surface area contributed by atoms with Crippen molar-refractivity contribution in [3.05, 3.63) is 0 Å². The Kier molecular flexibility index (Phi) is 8.92. The minimum Gasteiger partial charge on any atom is -0.466 e. The van der Waals surface area contributed by atoms with Crippen molar-refractivity contribution < 1.29 is 14.6 Å². The van der Waals surface area contributed by atoms with Gasteiger partial charge in [0.15, 0.2) is 0 Å². The smallest absolute Gasteiger partial charge is 0.305 e. The van der Waals surface area contributed by atoms with E-state index in [1.807, 2.05) is 0 Å². The van der Waals surface area contributed by atoms with E-state index in [1.54, 1.807) is 0 Å². The number of aliphatic hydroxyl groups is 1. The van der Waals surface area contributed by atoms with Gasteiger partial charge in [-0.2, -0.15) is 0 Å². The monoisotopic (exact) mass is 256 g/mol. The van der Waals surface area contributed by atoms with E-state index in [0.29, 0.717) is 19.4 Å². The van der Waals surface area contributed by atoms with Crippen molar-refractivity contribution in [2.45, 2.75) is 83.2 Å². The van der Waals surface area contributed by atoms with Crippen LogP contribution in [-0.2, 0) is 9.53 Å². The molecule has 1 atom stereocenters. The number of esters is 1. The molecule has 18 heavy (non-hydrogen) atoms. The Morgan fingerprint density at radius 3 is 2.06 bits per heavy atom. The molecule has 3 heteroatoms. The van der Waals surface area contributed by atoms with Crippen LogP contribution in [-0.4, -0.2) is 23.8 Å². The third-order valence-corrected chi connectivity index (χ3v) is 3.63. The summed E-state index contributed by atoms with van der Waals surface area (Å²) in [5.74, 6) is -0.103. The van der Waals surface area contributed by atoms with Crippen LogP contribution >= 0.6 is 0 Å². The van der Waals surface area contributed by atoms with Crippen molar-refractivity contribution in [3.8, 4) is 0 Å². The lowest BCUT2D eigenvalue weighted by Crippen LogP contribution is -2.13. The summed E-state index contributed by atoms with van der Waals surface area (Å²) in [6, 6.07) is 0. The summed E-state index contributed by atoms with van der Waals surface area (Å²) >= 11 is 0. The van der Waals surface area contributed by atoms with E-state index in [4.69, 9.17) is 4.74 Å². The van der Waals surface area contributed by atoms with Crippen molar-refractivity contribution in [3.63, 3.8) is 0 Å². The van der Waals surface area contributed by atoms with Crippen LogP contribution in [0, 0.1) is 0 Å². The zero-order chi connectivity index (χ0) is 13.1. The number of hydrogen-bond acceptors (Lipinski definition) is 3. The van der Waals surface area contributed by atoms with E-state index < -0.39 is 0 Å². The van der Waals surface area contributed by atoms with E-state index in [1.165, 1.54) is 38.5 Å². The molecule has 0 aliphatic carbocycles. The van der Waals surface area contributed by atoms with Crippen LogP contribution in [0.1, 0.15) is 77.0 Å². The van der Waals surface area contributed by atoms with Gasteiger partial charge in [-0.15, -0.1) is 0 Å². The van der Waals surface area contributed by atoms with Crippen molar-refractivity contribution in [2.75, 3.05) is 6.61 Å². The Morgan fingerprint density at radius 2 is 1.39 bits per heavy atom. The highest BCUT2D eigenvalue weighted by Crippen LogP contribution is 2.13. The number of cyclic esters (lactones) is 1. The highest BCUT2D eigenvalue weighted by Gasteiger charge is 2.07. The Labute approximate surface area is 111 Å². The molecule has 0 bridgehead atoms. The van der Waals surface area contributed by atoms with Crippen LogP contribution in [0.5, 0.6) is 0 Å². The fourth-order valence-corrected chi connectivity index (χ4v) is 2.41. The lowest BCUT2D eigenvalue weighted by molar-refractivity contribution is -0.144. The maximum absolute atomic E-state index is 11.4. The molecule has 0 spiro atoms. The molecule has 1 aliphatic heterocycles. The number of carbonyl (C=O) groups is 1. The standard InChI is InChI=1S/C15H28O3/c16-14-10-8-6-4-2-1-3-5-7-9-11-15(17)18-13-12-14/h14,16H,1-13H2/t14-/m1/s1. The molecule has 0 aromatic heterocycles. The fraction of sp³-hybridized carbons (Fsp3) is 0.933. The van der Waals surface area contributed by atoms with Gasteiger partial charge in [-0.1, -0.05) is 51.4 Å². The van der Waals surface area contributed by atoms with Gasteiger partial charge >= 0.3 is 5.97 Å². The molecule has 1 rings (SSSR count). The van der Waals surface area contributed by atoms with Crippen LogP contribution in [0.3, 0.4) is 0 Å². The first kappa shape index (κ1) is 15.5. The Hall–Kier alpha value is -0.570. The van der Waals surface area contributed by atoms with E-state index in [2.05, 4.69) is 0 Å². The van der Waals surface area contributed by atoms with Gasteiger partial charge in [0, 0.05) is 12.8 Å². The summed E-state index contributed by atoms with van der Waals surface area (Å²) in [5.41, 5.74) is 0. The third kappa shape index (κ3) is 8.51. The van der Waals surface area contributed by atoms with Crippen LogP contribution in [0.15, 0.2) is 0 Å². The molecular weight excluding hydrogens is 228 g/mol. The SMILES string of the molecule is O=C1CCCCCCCCCCC[C@@H](O)CCO1. The second-order valence-electron chi connectivity index (χ2n) is 5.38. The summed E-state index contributed by atoms with van der Waals surface area (Å²) in [7, 11) is 0. The number of aliphatic hydroxyl groups excluding tert-OH is 1. The Morgan fingerprint density at radius 1 is 0.833 bits per heavy atom. The van der Waals surface area contributed by atoms with Crippen molar-refractivity contribution in [2.24, 2.45) is 0 Å². The zero-order valence-corrected chi connectivity index (χ0v) is 11.5. The first-order valence-corrected chi connectivity index (χ1v) is 7.63. The topological polar surface area (TPSA) is 46.5 Å². The number of ether oxygens (including phenoxy) is 1. The minimum absolute atomic E-state index is 0.103. The second-order valence-corrected chi connectivity index (χ2v) is 5.38. The first-order chi connectivity index (χ1) is 8.79. The van der Waals surface area contributed by atoms with E-state index in [-0.39, 0.29) is 12.1 Å². The normalized spacial score (nSPS) is 26.5. The summed E-state index contributed by atoms with van der Waals surface area (Å²) in [4.78, 5) is 11.4. The summed E-state index contributed by atoms with van der Waals surface area (Å²) < 4.78 is 5.11. The number of hydrogen-bond donors (Lipinski definition) is 1. The molecule has 0 amide bonds. The summed E-state index contributed by atoms with van der Waals surface area (Å²) in [6.07, 6.45) is 12.5. The van der Waals surface area contributed by atoms with Gasteiger partial charge in [-0.05, 0) is 12.8 Å². The van der Waals surface area contributed by atoms with Crippen molar-refractivity contribution in [1.82, 2.24) is 0 Å². The molecule has 0 aromatic carbocycles. The molecule has 1 N–H and O–H groups in total. The third-order valence-electron chi connectivity index (χ3n) is 3.63. The van der Waals surface area contributed by atoms with Crippen LogP contribution < -0.4 is 0 Å². The molecule has 0 unspecified atom stereocenters. The second kappa shape index (κ2) is 10.4. The van der Waals surface area contributed by atoms with Crippen molar-refractivity contribution in [1.29, 1.82) is 0 Å². The van der Waals surface area contributed by atoms with Gasteiger partial charge in [0.05, 0.1) is 12.7 Å². The maximum atomic E-state index is 11.4. The van der Waals surface area contributed by atoms with E-state index in [0.717, 1.165) is 25.7 Å². The molecule has 1 fully saturated rings. The van der Waals surface area contributed by atoms with Gasteiger partial charge in [0.25, 0.3) is 0 Å². The Bertz CT molecular complexity index is 216. The summed E-state index contributed by atoms with van der Waals surface area (Å²) in [5, 5.41) is 9.71. The average Bonchev–Trinajstić information content (AvgIpc) is 2.34. The molecule has 1 heterocycles. The molecule has 0 saturated carbocycles. The average molecular weight is 256 g/mol. The van der Waals surface area contributed by atoms with Crippen LogP contribution in [0.2, 0.25) is 0 Å². The van der Waals surface area contributed by atoms with E-state index in [9.17, 15) is 9.90 Å². The van der Waals surface area contributed by atoms with Crippen LogP contribution in [0.4, 0.5) is 0 Å². The predicted octanol–water partition coefficient (Wildman–Crippen LogP) is 3.59. The largest absolute Gasteiger partial charge is 0.466 e. The van der Waals surface area contributed by atoms with Gasteiger partial charge < -0.3 is 9.84 Å². The zero-order valence-electron chi connectivity index (χ0n) is 11.5. The van der Waals surface area contributed by atoms with Crippen molar-refractivity contribution >= 4 is 5.97 Å². The molecule has 1 aliphatic rings. The highest BCUT2D eigenvalue weighted by atomic mass is 16.5. The fourth-order valence-electron chi connectivity index (χ4n) is 2.41. The number of carbonyl (C=O) groups excluding carboxylic acids is 1. The van der Waals surface area contributed by atoms with Gasteiger partial charge in [-0.3, -0.25) is 4.79 Å². The summed E-state index contributed by atoms with van der Waals surface area (Å²) in [6.45, 7) is 0.375. The predicted molar refractivity (Wildman–Crippen MR) is 72.4 cm³/mol. The van der Waals surface area contributed by atoms with Gasteiger partial charge in [0.1, 0.15) is 0 Å².